The first-order valence-corrected chi connectivity index (χ1v) is 26.4. The van der Waals surface area contributed by atoms with Crippen LogP contribution in [-0.2, 0) is 89.0 Å². The number of likely N-dealkylation sites (tertiary alicyclic amines) is 1. The number of esters is 1. The predicted octanol–water partition coefficient (Wildman–Crippen LogP) is 0.769. The van der Waals surface area contributed by atoms with Crippen LogP contribution < -0.4 is 37.5 Å². The number of hydrogen-bond donors (Lipinski definition) is 7. The number of aliphatic hydroxyl groups is 1. The molecule has 8 rings (SSSR count). The zero-order valence-electron chi connectivity index (χ0n) is 44.2. The Hall–Kier alpha value is -7.96. The van der Waals surface area contributed by atoms with Gasteiger partial charge in [-0.1, -0.05) is 50.6 Å². The minimum atomic E-state index is -2.04. The SMILES string of the molecule is CC[C@@]1(O)C(=O)OCc2c1cc1n(c2=O)Cc2c-1nc1cc(F)c(C)c3c1c2[C@@H](NC(=O)COCCOCNC(=O)CNC(=O)[C@H](Cc1ccccc1)NC(=O)CNC(=O)CNC(=O)CCCCCN1C(=O)CC(C)C1=O)CC3. The molecule has 0 bridgehead atoms. The maximum absolute atomic E-state index is 15.3. The number of ether oxygens (including phenoxy) is 3. The van der Waals surface area contributed by atoms with Crippen molar-refractivity contribution in [3.8, 4) is 11.4 Å². The van der Waals surface area contributed by atoms with Gasteiger partial charge in [-0.2, -0.15) is 0 Å². The Morgan fingerprint density at radius 3 is 2.34 bits per heavy atom. The molecular weight excluding hydrogens is 1030 g/mol. The fraction of sp³-hybridized carbons (Fsp3) is 0.473. The molecule has 4 atom stereocenters. The lowest BCUT2D eigenvalue weighted by Gasteiger charge is -2.31. The molecular formula is C55H64FN9O14. The quantitative estimate of drug-likeness (QED) is 0.0184. The highest BCUT2D eigenvalue weighted by Gasteiger charge is 2.46. The van der Waals surface area contributed by atoms with Gasteiger partial charge in [0.25, 0.3) is 5.56 Å². The second-order valence-electron chi connectivity index (χ2n) is 20.1. The molecule has 0 radical (unpaired) electrons. The van der Waals surface area contributed by atoms with Crippen LogP contribution in [0.4, 0.5) is 4.39 Å². The molecule has 0 saturated carbocycles. The highest BCUT2D eigenvalue weighted by molar-refractivity contribution is 6.03. The lowest BCUT2D eigenvalue weighted by Crippen LogP contribution is -2.52. The number of amides is 8. The van der Waals surface area contributed by atoms with E-state index in [4.69, 9.17) is 19.2 Å². The number of nitrogens with one attached hydrogen (secondary N) is 6. The summed E-state index contributed by atoms with van der Waals surface area (Å²) in [6, 6.07) is 10.0. The summed E-state index contributed by atoms with van der Waals surface area (Å²) >= 11 is 0. The Balaban J connectivity index is 0.751. The van der Waals surface area contributed by atoms with Crippen LogP contribution in [0.1, 0.15) is 104 Å². The monoisotopic (exact) mass is 1090 g/mol. The first-order chi connectivity index (χ1) is 37.9. The fourth-order valence-corrected chi connectivity index (χ4v) is 10.4. The Bertz CT molecular complexity index is 3150. The van der Waals surface area contributed by atoms with E-state index in [0.717, 1.165) is 5.56 Å². The Morgan fingerprint density at radius 2 is 1.59 bits per heavy atom. The summed E-state index contributed by atoms with van der Waals surface area (Å²) in [5.41, 5.74) is 2.12. The van der Waals surface area contributed by atoms with Crippen LogP contribution in [0.5, 0.6) is 0 Å². The number of benzene rings is 2. The smallest absolute Gasteiger partial charge is 0.343 e. The van der Waals surface area contributed by atoms with E-state index in [0.29, 0.717) is 83.2 Å². The minimum Gasteiger partial charge on any atom is -0.458 e. The normalized spacial score (nSPS) is 18.2. The third-order valence-corrected chi connectivity index (χ3v) is 14.7. The highest BCUT2D eigenvalue weighted by Crippen LogP contribution is 2.46. The maximum atomic E-state index is 15.3. The van der Waals surface area contributed by atoms with Crippen LogP contribution in [0.25, 0.3) is 22.3 Å². The number of halogens is 1. The first kappa shape index (κ1) is 57.2. The molecule has 0 spiro atoms. The molecule has 4 aromatic rings. The topological polar surface area (TPSA) is 312 Å². The second-order valence-corrected chi connectivity index (χ2v) is 20.1. The van der Waals surface area contributed by atoms with Gasteiger partial charge in [-0.05, 0) is 67.3 Å². The van der Waals surface area contributed by atoms with Gasteiger partial charge in [0.05, 0.1) is 67.9 Å². The molecule has 420 valence electrons. The molecule has 1 fully saturated rings. The number of hydrogen-bond acceptors (Lipinski definition) is 15. The summed E-state index contributed by atoms with van der Waals surface area (Å²) in [4.78, 5) is 134. The molecule has 7 N–H and O–H groups in total. The van der Waals surface area contributed by atoms with Gasteiger partial charge in [0.15, 0.2) is 5.60 Å². The average molecular weight is 1090 g/mol. The highest BCUT2D eigenvalue weighted by atomic mass is 19.1. The Labute approximate surface area is 453 Å². The fourth-order valence-electron chi connectivity index (χ4n) is 10.4. The van der Waals surface area contributed by atoms with E-state index in [2.05, 4.69) is 31.9 Å². The van der Waals surface area contributed by atoms with Gasteiger partial charge < -0.3 is 55.8 Å². The van der Waals surface area contributed by atoms with Crippen LogP contribution in [0.3, 0.4) is 0 Å². The number of cyclic esters (lactones) is 1. The zero-order chi connectivity index (χ0) is 56.5. The van der Waals surface area contributed by atoms with Crippen molar-refractivity contribution in [3.05, 3.63) is 97.6 Å². The van der Waals surface area contributed by atoms with Gasteiger partial charge in [0, 0.05) is 54.3 Å². The van der Waals surface area contributed by atoms with Crippen molar-refractivity contribution in [3.63, 3.8) is 0 Å². The number of rotatable bonds is 25. The second kappa shape index (κ2) is 25.2. The molecule has 1 saturated heterocycles. The van der Waals surface area contributed by atoms with Crippen molar-refractivity contribution in [2.45, 2.75) is 109 Å². The molecule has 2 aromatic carbocycles. The Morgan fingerprint density at radius 1 is 0.873 bits per heavy atom. The number of nitrogens with zero attached hydrogens (tertiary/aromatic N) is 3. The molecule has 4 aliphatic rings. The van der Waals surface area contributed by atoms with E-state index < -0.39 is 77.7 Å². The number of aryl methyl sites for hydroxylation is 1. The van der Waals surface area contributed by atoms with Gasteiger partial charge in [-0.25, -0.2) is 14.2 Å². The van der Waals surface area contributed by atoms with Crippen LogP contribution >= 0.6 is 0 Å². The lowest BCUT2D eigenvalue weighted by atomic mass is 9.81. The first-order valence-electron chi connectivity index (χ1n) is 26.4. The molecule has 24 heteroatoms. The summed E-state index contributed by atoms with van der Waals surface area (Å²) in [5, 5.41) is 27.5. The zero-order valence-corrected chi connectivity index (χ0v) is 44.2. The average Bonchev–Trinajstić information content (AvgIpc) is 3.55. The number of pyridine rings is 2. The molecule has 1 unspecified atom stereocenters. The van der Waals surface area contributed by atoms with Crippen molar-refractivity contribution in [2.24, 2.45) is 5.92 Å². The number of aromatic nitrogens is 2. The van der Waals surface area contributed by atoms with Crippen molar-refractivity contribution in [2.75, 3.05) is 52.7 Å². The van der Waals surface area contributed by atoms with Crippen LogP contribution in [-0.4, -0.2) is 132 Å². The molecule has 2 aromatic heterocycles. The van der Waals surface area contributed by atoms with E-state index in [9.17, 15) is 53.1 Å². The largest absolute Gasteiger partial charge is 0.458 e. The minimum absolute atomic E-state index is 0.0246. The van der Waals surface area contributed by atoms with Crippen LogP contribution in [0.2, 0.25) is 0 Å². The standard InChI is InChI=1S/C55H64FN9O14/c1-4-55(76)36-21-41-50-34(26-65(41)53(74)35(36)27-79-54(55)75)49-38(15-14-33-31(3)37(56)22-39(63-50)48(33)49)61-46(70)28-77-17-18-78-29-60-44(68)24-59-51(72)40(20-32-11-7-5-8-12-32)62-45(69)25-58-43(67)23-57-42(66)13-9-6-10-16-64-47(71)19-30(2)52(64)73/h5,7-8,11-12,21-22,30,38,40,76H,4,6,9-10,13-20,23-29H2,1-3H3,(H,57,66)(H,58,67)(H,59,72)(H,60,68)(H,61,70)(H,62,69)/t30?,38-,40-,55-/m0/s1. The van der Waals surface area contributed by atoms with E-state index >= 15 is 4.39 Å². The summed E-state index contributed by atoms with van der Waals surface area (Å²) in [6.45, 7) is 3.04. The molecule has 79 heavy (non-hydrogen) atoms. The summed E-state index contributed by atoms with van der Waals surface area (Å²) < 4.78 is 33.1. The van der Waals surface area contributed by atoms with E-state index in [1.54, 1.807) is 57.2 Å². The van der Waals surface area contributed by atoms with E-state index in [1.165, 1.54) is 15.5 Å². The predicted molar refractivity (Wildman–Crippen MR) is 278 cm³/mol. The summed E-state index contributed by atoms with van der Waals surface area (Å²) in [5.74, 6) is -5.46. The molecule has 1 aliphatic carbocycles. The maximum Gasteiger partial charge on any atom is 0.343 e. The van der Waals surface area contributed by atoms with Crippen molar-refractivity contribution in [1.82, 2.24) is 46.4 Å². The van der Waals surface area contributed by atoms with Crippen molar-refractivity contribution >= 4 is 64.1 Å². The molecule has 5 heterocycles. The Kier molecular flexibility index (Phi) is 18.3. The summed E-state index contributed by atoms with van der Waals surface area (Å²) in [7, 11) is 0. The van der Waals surface area contributed by atoms with Gasteiger partial charge in [0.1, 0.15) is 31.8 Å². The van der Waals surface area contributed by atoms with Gasteiger partial charge in [0.2, 0.25) is 47.3 Å². The number of carbonyl (C=O) groups is 9. The molecule has 8 amide bonds. The third kappa shape index (κ3) is 13.0. The van der Waals surface area contributed by atoms with E-state index in [-0.39, 0.29) is 107 Å². The molecule has 23 nitrogen and oxygen atoms in total. The van der Waals surface area contributed by atoms with Gasteiger partial charge >= 0.3 is 5.97 Å². The third-order valence-electron chi connectivity index (χ3n) is 14.7. The number of fused-ring (bicyclic) bond motifs is 5. The number of carbonyl (C=O) groups excluding carboxylic acids is 9. The lowest BCUT2D eigenvalue weighted by molar-refractivity contribution is -0.172. The molecule has 3 aliphatic heterocycles. The van der Waals surface area contributed by atoms with E-state index in [1.807, 2.05) is 0 Å². The number of unbranched alkanes of at least 4 members (excludes halogenated alkanes) is 2. The van der Waals surface area contributed by atoms with Crippen molar-refractivity contribution < 1.29 is 66.9 Å². The van der Waals surface area contributed by atoms with Gasteiger partial charge in [-0.15, -0.1) is 0 Å². The van der Waals surface area contributed by atoms with Gasteiger partial charge in [-0.3, -0.25) is 48.1 Å². The summed E-state index contributed by atoms with van der Waals surface area (Å²) in [6.07, 6.45) is 2.84. The van der Waals surface area contributed by atoms with Crippen LogP contribution in [0.15, 0.2) is 47.3 Å². The number of imide groups is 1. The van der Waals surface area contributed by atoms with Crippen LogP contribution in [0, 0.1) is 18.7 Å². The van der Waals surface area contributed by atoms with Crippen molar-refractivity contribution in [1.29, 1.82) is 0 Å².